The molecule has 0 bridgehead atoms. The third kappa shape index (κ3) is 5.49. The van der Waals surface area contributed by atoms with Gasteiger partial charge in [0.05, 0.1) is 11.3 Å². The fourth-order valence-corrected chi connectivity index (χ4v) is 4.07. The number of likely N-dealkylation sites (tertiary alicyclic amines) is 2. The highest BCUT2D eigenvalue weighted by Crippen LogP contribution is 2.25. The number of amides is 4. The quantitative estimate of drug-likeness (QED) is 0.815. The van der Waals surface area contributed by atoms with Crippen LogP contribution in [0.5, 0.6) is 0 Å². The first kappa shape index (κ1) is 21.1. The number of hydrogen-bond acceptors (Lipinski definition) is 3. The molecule has 4 amide bonds. The molecule has 158 valence electrons. The summed E-state index contributed by atoms with van der Waals surface area (Å²) in [5.41, 5.74) is 0.981. The molecule has 2 heterocycles. The molecule has 0 spiro atoms. The van der Waals surface area contributed by atoms with Gasteiger partial charge in [-0.1, -0.05) is 12.1 Å². The third-order valence-corrected chi connectivity index (χ3v) is 5.62. The number of nitrogens with one attached hydrogen (secondary N) is 2. The molecule has 1 aromatic rings. The molecule has 7 heteroatoms. The van der Waals surface area contributed by atoms with Crippen molar-refractivity contribution in [3.63, 3.8) is 0 Å². The van der Waals surface area contributed by atoms with Crippen LogP contribution in [-0.2, 0) is 4.79 Å². The minimum absolute atomic E-state index is 0.00864. The van der Waals surface area contributed by atoms with Crippen LogP contribution in [0.4, 0.5) is 10.5 Å². The van der Waals surface area contributed by atoms with Crippen LogP contribution in [0.3, 0.4) is 0 Å². The van der Waals surface area contributed by atoms with Gasteiger partial charge in [0.15, 0.2) is 0 Å². The van der Waals surface area contributed by atoms with Crippen molar-refractivity contribution in [2.45, 2.75) is 52.0 Å². The van der Waals surface area contributed by atoms with Gasteiger partial charge in [0.1, 0.15) is 0 Å². The van der Waals surface area contributed by atoms with Gasteiger partial charge in [-0.05, 0) is 58.1 Å². The van der Waals surface area contributed by atoms with Gasteiger partial charge in [0, 0.05) is 38.1 Å². The first-order chi connectivity index (χ1) is 14.0. The number of piperidine rings is 2. The maximum absolute atomic E-state index is 13.1. The molecule has 0 atom stereocenters. The highest BCUT2D eigenvalue weighted by molar-refractivity contribution is 6.03. The second kappa shape index (κ2) is 9.76. The lowest BCUT2D eigenvalue weighted by Crippen LogP contribution is -2.45. The Hall–Kier alpha value is -2.57. The van der Waals surface area contributed by atoms with Crippen LogP contribution < -0.4 is 10.6 Å². The van der Waals surface area contributed by atoms with Crippen molar-refractivity contribution in [1.29, 1.82) is 0 Å². The van der Waals surface area contributed by atoms with Gasteiger partial charge in [0.25, 0.3) is 5.91 Å². The number of anilines is 1. The van der Waals surface area contributed by atoms with E-state index in [0.717, 1.165) is 25.9 Å². The molecule has 2 N–H and O–H groups in total. The second-order valence-electron chi connectivity index (χ2n) is 8.25. The Balaban J connectivity index is 1.59. The molecule has 0 radical (unpaired) electrons. The summed E-state index contributed by atoms with van der Waals surface area (Å²) in [6.45, 7) is 6.63. The molecule has 0 saturated carbocycles. The van der Waals surface area contributed by atoms with Crippen LogP contribution in [0.1, 0.15) is 56.3 Å². The number of urea groups is 1. The van der Waals surface area contributed by atoms with E-state index >= 15 is 0 Å². The van der Waals surface area contributed by atoms with Gasteiger partial charge in [-0.3, -0.25) is 9.59 Å². The fraction of sp³-hybridized carbons (Fsp3) is 0.591. The monoisotopic (exact) mass is 400 g/mol. The van der Waals surface area contributed by atoms with Crippen molar-refractivity contribution in [2.24, 2.45) is 5.92 Å². The topological polar surface area (TPSA) is 81.8 Å². The average Bonchev–Trinajstić information content (AvgIpc) is 2.73. The highest BCUT2D eigenvalue weighted by atomic mass is 16.2. The summed E-state index contributed by atoms with van der Waals surface area (Å²) in [4.78, 5) is 41.6. The molecule has 1 aromatic carbocycles. The molecule has 3 rings (SSSR count). The molecule has 2 saturated heterocycles. The standard InChI is InChI=1S/C22H32N4O3/c1-16(2)23-22(29)24-19-9-5-4-8-18(19)21(28)26-14-10-17(11-15-26)20(27)25-12-6-3-7-13-25/h4-5,8-9,16-17H,3,6-7,10-15H2,1-2H3,(H2,23,24,29). The first-order valence-electron chi connectivity index (χ1n) is 10.7. The zero-order valence-corrected chi connectivity index (χ0v) is 17.4. The van der Waals surface area contributed by atoms with Gasteiger partial charge in [-0.25, -0.2) is 4.79 Å². The second-order valence-corrected chi connectivity index (χ2v) is 8.25. The van der Waals surface area contributed by atoms with Crippen LogP contribution in [-0.4, -0.2) is 59.9 Å². The van der Waals surface area contributed by atoms with Crippen LogP contribution in [0, 0.1) is 5.92 Å². The summed E-state index contributed by atoms with van der Waals surface area (Å²) in [6.07, 6.45) is 4.79. The Kier molecular flexibility index (Phi) is 7.12. The molecule has 7 nitrogen and oxygen atoms in total. The number of carbonyl (C=O) groups is 3. The van der Waals surface area contributed by atoms with E-state index in [1.807, 2.05) is 18.7 Å². The van der Waals surface area contributed by atoms with Crippen molar-refractivity contribution in [1.82, 2.24) is 15.1 Å². The largest absolute Gasteiger partial charge is 0.342 e. The molecule has 2 fully saturated rings. The van der Waals surface area contributed by atoms with E-state index in [2.05, 4.69) is 10.6 Å². The van der Waals surface area contributed by atoms with E-state index in [4.69, 9.17) is 0 Å². The van der Waals surface area contributed by atoms with Crippen molar-refractivity contribution in [3.05, 3.63) is 29.8 Å². The van der Waals surface area contributed by atoms with Crippen LogP contribution in [0.2, 0.25) is 0 Å². The average molecular weight is 401 g/mol. The Morgan fingerprint density at radius 2 is 1.59 bits per heavy atom. The van der Waals surface area contributed by atoms with E-state index in [1.165, 1.54) is 6.42 Å². The van der Waals surface area contributed by atoms with E-state index in [9.17, 15) is 14.4 Å². The number of carbonyl (C=O) groups excluding carboxylic acids is 3. The van der Waals surface area contributed by atoms with Crippen molar-refractivity contribution < 1.29 is 14.4 Å². The Bertz CT molecular complexity index is 735. The van der Waals surface area contributed by atoms with Crippen LogP contribution in [0.25, 0.3) is 0 Å². The van der Waals surface area contributed by atoms with Crippen molar-refractivity contribution >= 4 is 23.5 Å². The SMILES string of the molecule is CC(C)NC(=O)Nc1ccccc1C(=O)N1CCC(C(=O)N2CCCCC2)CC1. The van der Waals surface area contributed by atoms with E-state index in [1.54, 1.807) is 29.2 Å². The lowest BCUT2D eigenvalue weighted by molar-refractivity contribution is -0.137. The predicted octanol–water partition coefficient (Wildman–Crippen LogP) is 3.08. The normalized spacial score (nSPS) is 17.9. The molecule has 2 aliphatic heterocycles. The van der Waals surface area contributed by atoms with E-state index in [0.29, 0.717) is 37.2 Å². The Morgan fingerprint density at radius 1 is 0.931 bits per heavy atom. The van der Waals surface area contributed by atoms with E-state index < -0.39 is 0 Å². The summed E-state index contributed by atoms with van der Waals surface area (Å²) >= 11 is 0. The minimum Gasteiger partial charge on any atom is -0.342 e. The Morgan fingerprint density at radius 3 is 2.24 bits per heavy atom. The smallest absolute Gasteiger partial charge is 0.319 e. The maximum Gasteiger partial charge on any atom is 0.319 e. The first-order valence-corrected chi connectivity index (χ1v) is 10.7. The molecular formula is C22H32N4O3. The zero-order valence-electron chi connectivity index (χ0n) is 17.4. The van der Waals surface area contributed by atoms with Gasteiger partial charge in [-0.2, -0.15) is 0 Å². The molecule has 0 aromatic heterocycles. The fourth-order valence-electron chi connectivity index (χ4n) is 4.07. The number of hydrogen-bond donors (Lipinski definition) is 2. The summed E-state index contributed by atoms with van der Waals surface area (Å²) in [7, 11) is 0. The van der Waals surface area contributed by atoms with Crippen molar-refractivity contribution in [3.8, 4) is 0 Å². The third-order valence-electron chi connectivity index (χ3n) is 5.62. The molecule has 0 unspecified atom stereocenters. The summed E-state index contributed by atoms with van der Waals surface area (Å²) in [5.74, 6) is 0.167. The summed E-state index contributed by atoms with van der Waals surface area (Å²) in [5, 5.41) is 5.54. The van der Waals surface area contributed by atoms with Crippen LogP contribution >= 0.6 is 0 Å². The number of benzene rings is 1. The number of rotatable bonds is 4. The number of nitrogens with zero attached hydrogens (tertiary/aromatic N) is 2. The van der Waals surface area contributed by atoms with Gasteiger partial charge in [-0.15, -0.1) is 0 Å². The van der Waals surface area contributed by atoms with Crippen molar-refractivity contribution in [2.75, 3.05) is 31.5 Å². The highest BCUT2D eigenvalue weighted by Gasteiger charge is 2.31. The van der Waals surface area contributed by atoms with Gasteiger partial charge >= 0.3 is 6.03 Å². The molecule has 29 heavy (non-hydrogen) atoms. The van der Waals surface area contributed by atoms with Gasteiger partial charge < -0.3 is 20.4 Å². The lowest BCUT2D eigenvalue weighted by Gasteiger charge is -2.35. The van der Waals surface area contributed by atoms with Crippen LogP contribution in [0.15, 0.2) is 24.3 Å². The van der Waals surface area contributed by atoms with E-state index in [-0.39, 0.29) is 29.8 Å². The lowest BCUT2D eigenvalue weighted by atomic mass is 9.94. The minimum atomic E-state index is -0.328. The summed E-state index contributed by atoms with van der Waals surface area (Å²) < 4.78 is 0. The van der Waals surface area contributed by atoms with Gasteiger partial charge in [0.2, 0.25) is 5.91 Å². The zero-order chi connectivity index (χ0) is 20.8. The molecule has 2 aliphatic rings. The molecular weight excluding hydrogens is 368 g/mol. The summed E-state index contributed by atoms with van der Waals surface area (Å²) in [6, 6.07) is 6.75. The maximum atomic E-state index is 13.1. The predicted molar refractivity (Wildman–Crippen MR) is 113 cm³/mol. The molecule has 0 aliphatic carbocycles. The Labute approximate surface area is 172 Å². The number of para-hydroxylation sites is 1.